The molecule has 0 bridgehead atoms. The van der Waals surface area contributed by atoms with Crippen LogP contribution in [0.4, 0.5) is 5.69 Å². The van der Waals surface area contributed by atoms with E-state index in [2.05, 4.69) is 5.32 Å². The number of nitrogens with one attached hydrogen (secondary N) is 1. The van der Waals surface area contributed by atoms with E-state index in [-0.39, 0.29) is 11.9 Å². The average molecular weight is 269 g/mol. The maximum Gasteiger partial charge on any atom is 0.268 e. The first-order valence-corrected chi connectivity index (χ1v) is 7.03. The molecule has 1 atom stereocenters. The van der Waals surface area contributed by atoms with E-state index >= 15 is 0 Å². The van der Waals surface area contributed by atoms with Crippen LogP contribution in [0.3, 0.4) is 0 Å². The lowest BCUT2D eigenvalue weighted by Crippen LogP contribution is -2.28. The van der Waals surface area contributed by atoms with Crippen LogP contribution in [0, 0.1) is 0 Å². The summed E-state index contributed by atoms with van der Waals surface area (Å²) in [6.07, 6.45) is 3.84. The second-order valence-electron chi connectivity index (χ2n) is 5.20. The summed E-state index contributed by atoms with van der Waals surface area (Å²) in [5.41, 5.74) is 9.76. The van der Waals surface area contributed by atoms with Gasteiger partial charge in [-0.15, -0.1) is 0 Å². The Hall–Kier alpha value is -2.23. The minimum Gasteiger partial charge on any atom is -0.399 e. The Labute approximate surface area is 118 Å². The van der Waals surface area contributed by atoms with Gasteiger partial charge in [-0.3, -0.25) is 4.79 Å². The Morgan fingerprint density at radius 2 is 2.30 bits per heavy atom. The topological polar surface area (TPSA) is 60.0 Å². The molecule has 0 saturated heterocycles. The second-order valence-corrected chi connectivity index (χ2v) is 5.20. The molecular formula is C16H19N3O. The zero-order valence-electron chi connectivity index (χ0n) is 11.6. The quantitative estimate of drug-likeness (QED) is 0.841. The van der Waals surface area contributed by atoms with Crippen LogP contribution < -0.4 is 11.1 Å². The van der Waals surface area contributed by atoms with Gasteiger partial charge in [0.2, 0.25) is 0 Å². The van der Waals surface area contributed by atoms with Crippen molar-refractivity contribution in [1.29, 1.82) is 0 Å². The summed E-state index contributed by atoms with van der Waals surface area (Å²) in [4.78, 5) is 12.4. The number of nitrogens with zero attached hydrogens (tertiary/aromatic N) is 1. The SMILES string of the molecule is CCn1cccc1C(=O)NC1CCc2cc(N)ccc21. The Balaban J connectivity index is 1.79. The van der Waals surface area contributed by atoms with E-state index in [1.165, 1.54) is 11.1 Å². The van der Waals surface area contributed by atoms with Crippen molar-refractivity contribution < 1.29 is 4.79 Å². The molecule has 0 fully saturated rings. The highest BCUT2D eigenvalue weighted by Crippen LogP contribution is 2.32. The van der Waals surface area contributed by atoms with Crippen LogP contribution >= 0.6 is 0 Å². The number of anilines is 1. The van der Waals surface area contributed by atoms with E-state index in [1.807, 2.05) is 48.0 Å². The second kappa shape index (κ2) is 5.04. The standard InChI is InChI=1S/C16H19N3O/c1-2-19-9-3-4-15(19)16(20)18-14-8-5-11-10-12(17)6-7-13(11)14/h3-4,6-7,9-10,14H,2,5,8,17H2,1H3,(H,18,20). The van der Waals surface area contributed by atoms with E-state index < -0.39 is 0 Å². The smallest absolute Gasteiger partial charge is 0.268 e. The Morgan fingerprint density at radius 1 is 1.45 bits per heavy atom. The van der Waals surface area contributed by atoms with Crippen molar-refractivity contribution in [1.82, 2.24) is 9.88 Å². The molecule has 1 aliphatic rings. The number of fused-ring (bicyclic) bond motifs is 1. The van der Waals surface area contributed by atoms with Crippen molar-refractivity contribution in [2.45, 2.75) is 32.4 Å². The number of aromatic nitrogens is 1. The van der Waals surface area contributed by atoms with Crippen molar-refractivity contribution in [2.75, 3.05) is 5.73 Å². The van der Waals surface area contributed by atoms with Gasteiger partial charge in [0.1, 0.15) is 5.69 Å². The summed E-state index contributed by atoms with van der Waals surface area (Å²) in [5, 5.41) is 3.13. The number of nitrogen functional groups attached to an aromatic ring is 1. The van der Waals surface area contributed by atoms with E-state index in [9.17, 15) is 4.79 Å². The van der Waals surface area contributed by atoms with Crippen LogP contribution in [0.5, 0.6) is 0 Å². The number of hydrogen-bond donors (Lipinski definition) is 2. The Kier molecular flexibility index (Phi) is 3.22. The molecule has 1 aliphatic carbocycles. The molecule has 0 spiro atoms. The Morgan fingerprint density at radius 3 is 3.10 bits per heavy atom. The molecule has 104 valence electrons. The summed E-state index contributed by atoms with van der Waals surface area (Å²) < 4.78 is 1.95. The molecular weight excluding hydrogens is 250 g/mol. The van der Waals surface area contributed by atoms with Crippen LogP contribution in [0.15, 0.2) is 36.5 Å². The fourth-order valence-corrected chi connectivity index (χ4v) is 2.92. The highest BCUT2D eigenvalue weighted by molar-refractivity contribution is 5.93. The molecule has 1 aromatic carbocycles. The summed E-state index contributed by atoms with van der Waals surface area (Å²) in [5.74, 6) is -0.00785. The molecule has 1 aromatic heterocycles. The molecule has 1 heterocycles. The van der Waals surface area contributed by atoms with Crippen LogP contribution in [-0.4, -0.2) is 10.5 Å². The third-order valence-electron chi connectivity index (χ3n) is 3.95. The van der Waals surface area contributed by atoms with Gasteiger partial charge < -0.3 is 15.6 Å². The molecule has 0 aliphatic heterocycles. The van der Waals surface area contributed by atoms with Crippen molar-refractivity contribution in [3.05, 3.63) is 53.3 Å². The number of benzene rings is 1. The van der Waals surface area contributed by atoms with E-state index in [1.54, 1.807) is 0 Å². The van der Waals surface area contributed by atoms with Gasteiger partial charge in [0, 0.05) is 18.4 Å². The van der Waals surface area contributed by atoms with Crippen molar-refractivity contribution in [3.8, 4) is 0 Å². The summed E-state index contributed by atoms with van der Waals surface area (Å²) in [7, 11) is 0. The van der Waals surface area contributed by atoms with Gasteiger partial charge in [-0.2, -0.15) is 0 Å². The first-order chi connectivity index (χ1) is 9.69. The van der Waals surface area contributed by atoms with Crippen LogP contribution in [-0.2, 0) is 13.0 Å². The van der Waals surface area contributed by atoms with Gasteiger partial charge in [0.15, 0.2) is 0 Å². The van der Waals surface area contributed by atoms with E-state index in [0.29, 0.717) is 0 Å². The van der Waals surface area contributed by atoms with Gasteiger partial charge in [-0.25, -0.2) is 0 Å². The minimum atomic E-state index is -0.00785. The molecule has 0 saturated carbocycles. The minimum absolute atomic E-state index is 0.00785. The highest BCUT2D eigenvalue weighted by atomic mass is 16.2. The molecule has 2 aromatic rings. The summed E-state index contributed by atoms with van der Waals surface area (Å²) in [6.45, 7) is 2.83. The van der Waals surface area contributed by atoms with Gasteiger partial charge >= 0.3 is 0 Å². The first kappa shape index (κ1) is 12.8. The lowest BCUT2D eigenvalue weighted by molar-refractivity contribution is 0.0927. The summed E-state index contributed by atoms with van der Waals surface area (Å²) in [6, 6.07) is 9.80. The molecule has 1 unspecified atom stereocenters. The predicted molar refractivity (Wildman–Crippen MR) is 79.5 cm³/mol. The average Bonchev–Trinajstić information content (AvgIpc) is 3.05. The number of nitrogens with two attached hydrogens (primary N) is 1. The zero-order chi connectivity index (χ0) is 14.1. The van der Waals surface area contributed by atoms with Crippen molar-refractivity contribution in [2.24, 2.45) is 0 Å². The van der Waals surface area contributed by atoms with Crippen LogP contribution in [0.25, 0.3) is 0 Å². The van der Waals surface area contributed by atoms with Crippen LogP contribution in [0.1, 0.15) is 41.0 Å². The van der Waals surface area contributed by atoms with Gasteiger partial charge in [0.25, 0.3) is 5.91 Å². The van der Waals surface area contributed by atoms with E-state index in [4.69, 9.17) is 5.73 Å². The molecule has 3 rings (SSSR count). The molecule has 4 nitrogen and oxygen atoms in total. The number of carbonyl (C=O) groups is 1. The lowest BCUT2D eigenvalue weighted by Gasteiger charge is -2.15. The number of amides is 1. The molecule has 1 amide bonds. The summed E-state index contributed by atoms with van der Waals surface area (Å²) >= 11 is 0. The Bertz CT molecular complexity index is 645. The predicted octanol–water partition coefficient (Wildman–Crippen LogP) is 2.51. The fourth-order valence-electron chi connectivity index (χ4n) is 2.92. The van der Waals surface area contributed by atoms with Gasteiger partial charge in [0.05, 0.1) is 6.04 Å². The lowest BCUT2D eigenvalue weighted by atomic mass is 10.1. The normalized spacial score (nSPS) is 16.9. The van der Waals surface area contributed by atoms with Crippen LogP contribution in [0.2, 0.25) is 0 Å². The van der Waals surface area contributed by atoms with E-state index in [0.717, 1.165) is 30.8 Å². The highest BCUT2D eigenvalue weighted by Gasteiger charge is 2.25. The first-order valence-electron chi connectivity index (χ1n) is 7.03. The van der Waals surface area contributed by atoms with Crippen molar-refractivity contribution in [3.63, 3.8) is 0 Å². The molecule has 4 heteroatoms. The largest absolute Gasteiger partial charge is 0.399 e. The molecule has 3 N–H and O–H groups in total. The maximum absolute atomic E-state index is 12.4. The van der Waals surface area contributed by atoms with Crippen molar-refractivity contribution >= 4 is 11.6 Å². The third-order valence-corrected chi connectivity index (χ3v) is 3.95. The molecule has 20 heavy (non-hydrogen) atoms. The fraction of sp³-hybridized carbons (Fsp3) is 0.312. The number of rotatable bonds is 3. The monoisotopic (exact) mass is 269 g/mol. The number of aryl methyl sites for hydroxylation is 2. The van der Waals surface area contributed by atoms with Gasteiger partial charge in [-0.1, -0.05) is 6.07 Å². The maximum atomic E-state index is 12.4. The zero-order valence-corrected chi connectivity index (χ0v) is 11.6. The number of carbonyl (C=O) groups excluding carboxylic acids is 1. The number of hydrogen-bond acceptors (Lipinski definition) is 2. The molecule has 0 radical (unpaired) electrons. The van der Waals surface area contributed by atoms with Gasteiger partial charge in [-0.05, 0) is 55.2 Å². The third kappa shape index (κ3) is 2.18.